The van der Waals surface area contributed by atoms with Crippen molar-refractivity contribution in [2.45, 2.75) is 38.1 Å². The van der Waals surface area contributed by atoms with Gasteiger partial charge in [0.1, 0.15) is 17.5 Å². The van der Waals surface area contributed by atoms with Crippen molar-refractivity contribution < 1.29 is 24.2 Å². The van der Waals surface area contributed by atoms with E-state index in [-0.39, 0.29) is 22.5 Å². The molecule has 0 aliphatic heterocycles. The van der Waals surface area contributed by atoms with Gasteiger partial charge in [-0.25, -0.2) is 14.6 Å². The van der Waals surface area contributed by atoms with Crippen LogP contribution in [0.15, 0.2) is 54.7 Å². The van der Waals surface area contributed by atoms with Gasteiger partial charge in [0.25, 0.3) is 5.91 Å². The number of nitrogens with zero attached hydrogens (tertiary/aromatic N) is 1. The molecule has 3 aromatic rings. The average Bonchev–Trinajstić information content (AvgIpc) is 3.43. The highest BCUT2D eigenvalue weighted by Gasteiger charge is 2.29. The van der Waals surface area contributed by atoms with Crippen molar-refractivity contribution in [1.29, 1.82) is 0 Å². The van der Waals surface area contributed by atoms with E-state index < -0.39 is 24.0 Å². The molecule has 2 amide bonds. The number of unbranched alkanes of at least 4 members (excludes halogenated alkanes) is 1. The molecule has 0 spiro atoms. The number of nitrogens with one attached hydrogen (secondary N) is 2. The van der Waals surface area contributed by atoms with Crippen molar-refractivity contribution in [3.63, 3.8) is 0 Å². The zero-order valence-corrected chi connectivity index (χ0v) is 19.4. The first kappa shape index (κ1) is 23.4. The van der Waals surface area contributed by atoms with E-state index in [9.17, 15) is 19.5 Å². The summed E-state index contributed by atoms with van der Waals surface area (Å²) in [6.07, 6.45) is 2.50. The summed E-state index contributed by atoms with van der Waals surface area (Å²) in [7, 11) is 0. The lowest BCUT2D eigenvalue weighted by atomic mass is 9.98. The number of carbonyl (C=O) groups excluding carboxylic acids is 2. The molecule has 0 saturated carbocycles. The zero-order valence-electron chi connectivity index (χ0n) is 18.6. The van der Waals surface area contributed by atoms with E-state index in [1.165, 1.54) is 6.20 Å². The summed E-state index contributed by atoms with van der Waals surface area (Å²) in [5, 5.41) is 14.5. The van der Waals surface area contributed by atoms with Gasteiger partial charge >= 0.3 is 12.1 Å². The number of amides is 2. The third kappa shape index (κ3) is 5.09. The van der Waals surface area contributed by atoms with Crippen molar-refractivity contribution in [1.82, 2.24) is 10.3 Å². The first-order valence-electron chi connectivity index (χ1n) is 11.1. The van der Waals surface area contributed by atoms with E-state index in [1.807, 2.05) is 43.3 Å². The summed E-state index contributed by atoms with van der Waals surface area (Å²) < 4.78 is 5.49. The molecule has 1 aliphatic carbocycles. The number of aliphatic carboxylic acids is 1. The van der Waals surface area contributed by atoms with Gasteiger partial charge in [0.05, 0.1) is 6.20 Å². The predicted molar refractivity (Wildman–Crippen MR) is 129 cm³/mol. The maximum Gasteiger partial charge on any atom is 0.413 e. The van der Waals surface area contributed by atoms with Crippen LogP contribution in [-0.4, -0.2) is 40.7 Å². The number of fused-ring (bicyclic) bond motifs is 3. The van der Waals surface area contributed by atoms with Crippen LogP contribution in [0.1, 0.15) is 52.9 Å². The number of aromatic nitrogens is 1. The molecule has 0 unspecified atom stereocenters. The van der Waals surface area contributed by atoms with Crippen LogP contribution >= 0.6 is 11.3 Å². The minimum absolute atomic E-state index is 0.0631. The van der Waals surface area contributed by atoms with Gasteiger partial charge in [-0.15, -0.1) is 0 Å². The molecule has 1 atom stereocenters. The number of carboxylic acid groups (broad SMARTS) is 1. The van der Waals surface area contributed by atoms with E-state index in [4.69, 9.17) is 4.74 Å². The standard InChI is InChI=1S/C25H25N3O5S/c1-2-3-12-20(23(30)31)27-22(29)21-13-26-24(34-21)28-25(32)33-14-19-17-10-6-4-8-15(17)16-9-5-7-11-18(16)19/h4-11,13,19-20H,2-3,12,14H2,1H3,(H,27,29)(H,30,31)(H,26,28,32)/t20-/m0/s1. The number of thiazole rings is 1. The van der Waals surface area contributed by atoms with Crippen LogP contribution in [0.2, 0.25) is 0 Å². The van der Waals surface area contributed by atoms with Crippen molar-refractivity contribution >= 4 is 34.4 Å². The third-order valence-electron chi connectivity index (χ3n) is 5.73. The van der Waals surface area contributed by atoms with Gasteiger partial charge in [-0.05, 0) is 28.7 Å². The minimum Gasteiger partial charge on any atom is -0.480 e. The lowest BCUT2D eigenvalue weighted by Crippen LogP contribution is -2.40. The van der Waals surface area contributed by atoms with E-state index in [2.05, 4.69) is 27.8 Å². The number of rotatable bonds is 9. The molecule has 0 bridgehead atoms. The summed E-state index contributed by atoms with van der Waals surface area (Å²) in [6.45, 7) is 2.11. The average molecular weight is 480 g/mol. The zero-order chi connectivity index (χ0) is 24.1. The number of hydrogen-bond donors (Lipinski definition) is 3. The molecule has 3 N–H and O–H groups in total. The Kier molecular flexibility index (Phi) is 7.22. The highest BCUT2D eigenvalue weighted by atomic mass is 32.1. The molecule has 1 aliphatic rings. The second-order valence-electron chi connectivity index (χ2n) is 7.99. The van der Waals surface area contributed by atoms with Gasteiger partial charge in [-0.3, -0.25) is 10.1 Å². The quantitative estimate of drug-likeness (QED) is 0.403. The maximum absolute atomic E-state index is 12.4. The molecular weight excluding hydrogens is 454 g/mol. The van der Waals surface area contributed by atoms with Crippen molar-refractivity contribution in [2.24, 2.45) is 0 Å². The summed E-state index contributed by atoms with van der Waals surface area (Å²) >= 11 is 0.954. The molecule has 9 heteroatoms. The van der Waals surface area contributed by atoms with E-state index in [0.29, 0.717) is 12.8 Å². The fraction of sp³-hybridized carbons (Fsp3) is 0.280. The normalized spacial score (nSPS) is 13.0. The van der Waals surface area contributed by atoms with E-state index >= 15 is 0 Å². The summed E-state index contributed by atoms with van der Waals surface area (Å²) in [5.74, 6) is -1.68. The smallest absolute Gasteiger partial charge is 0.413 e. The van der Waals surface area contributed by atoms with Crippen LogP contribution in [0.5, 0.6) is 0 Å². The molecule has 34 heavy (non-hydrogen) atoms. The predicted octanol–water partition coefficient (Wildman–Crippen LogP) is 4.88. The van der Waals surface area contributed by atoms with Gasteiger partial charge in [-0.1, -0.05) is 79.6 Å². The number of anilines is 1. The highest BCUT2D eigenvalue weighted by molar-refractivity contribution is 7.17. The fourth-order valence-electron chi connectivity index (χ4n) is 4.05. The molecule has 4 rings (SSSR count). The minimum atomic E-state index is -1.08. The van der Waals surface area contributed by atoms with Crippen LogP contribution in [0, 0.1) is 0 Å². The summed E-state index contributed by atoms with van der Waals surface area (Å²) in [6, 6.07) is 15.2. The second kappa shape index (κ2) is 10.5. The Hall–Kier alpha value is -3.72. The number of hydrogen-bond acceptors (Lipinski definition) is 6. The topological polar surface area (TPSA) is 118 Å². The number of ether oxygens (including phenoxy) is 1. The first-order valence-corrected chi connectivity index (χ1v) is 11.9. The maximum atomic E-state index is 12.4. The van der Waals surface area contributed by atoms with Gasteiger partial charge in [0.15, 0.2) is 5.13 Å². The van der Waals surface area contributed by atoms with Crippen LogP contribution < -0.4 is 10.6 Å². The second-order valence-corrected chi connectivity index (χ2v) is 9.02. The number of benzene rings is 2. The molecule has 176 valence electrons. The van der Waals surface area contributed by atoms with Crippen LogP contribution in [0.3, 0.4) is 0 Å². The van der Waals surface area contributed by atoms with Gasteiger partial charge in [0.2, 0.25) is 0 Å². The fourth-order valence-corrected chi connectivity index (χ4v) is 4.76. The monoisotopic (exact) mass is 479 g/mol. The highest BCUT2D eigenvalue weighted by Crippen LogP contribution is 2.44. The Morgan fingerprint density at radius 1 is 1.09 bits per heavy atom. The molecule has 0 radical (unpaired) electrons. The SMILES string of the molecule is CCCC[C@H](NC(=O)c1cnc(NC(=O)OCC2c3ccccc3-c3ccccc32)s1)C(=O)O. The molecule has 1 heterocycles. The van der Waals surface area contributed by atoms with Crippen molar-refractivity contribution in [3.8, 4) is 11.1 Å². The van der Waals surface area contributed by atoms with Crippen LogP contribution in [0.4, 0.5) is 9.93 Å². The Morgan fingerprint density at radius 3 is 2.35 bits per heavy atom. The first-order chi connectivity index (χ1) is 16.5. The summed E-state index contributed by atoms with van der Waals surface area (Å²) in [4.78, 5) is 40.4. The van der Waals surface area contributed by atoms with E-state index in [0.717, 1.165) is 40.0 Å². The van der Waals surface area contributed by atoms with Gasteiger partial charge in [-0.2, -0.15) is 0 Å². The van der Waals surface area contributed by atoms with E-state index in [1.54, 1.807) is 0 Å². The molecule has 0 saturated heterocycles. The lowest BCUT2D eigenvalue weighted by Gasteiger charge is -2.14. The number of carboxylic acids is 1. The Bertz CT molecular complexity index is 1160. The Balaban J connectivity index is 1.35. The molecule has 8 nitrogen and oxygen atoms in total. The number of carbonyl (C=O) groups is 3. The van der Waals surface area contributed by atoms with Crippen molar-refractivity contribution in [2.75, 3.05) is 11.9 Å². The molecule has 0 fully saturated rings. The van der Waals surface area contributed by atoms with Gasteiger partial charge < -0.3 is 15.2 Å². The third-order valence-corrected chi connectivity index (χ3v) is 6.64. The largest absolute Gasteiger partial charge is 0.480 e. The summed E-state index contributed by atoms with van der Waals surface area (Å²) in [5.41, 5.74) is 4.50. The molecule has 1 aromatic heterocycles. The Morgan fingerprint density at radius 2 is 1.74 bits per heavy atom. The lowest BCUT2D eigenvalue weighted by molar-refractivity contribution is -0.139. The van der Waals surface area contributed by atoms with Crippen LogP contribution in [0.25, 0.3) is 11.1 Å². The molecular formula is C25H25N3O5S. The Labute approximate surface area is 201 Å². The molecule has 2 aromatic carbocycles. The van der Waals surface area contributed by atoms with Crippen LogP contribution in [-0.2, 0) is 9.53 Å². The van der Waals surface area contributed by atoms with Gasteiger partial charge in [0, 0.05) is 5.92 Å². The van der Waals surface area contributed by atoms with Crippen molar-refractivity contribution in [3.05, 3.63) is 70.7 Å².